The van der Waals surface area contributed by atoms with Crippen molar-refractivity contribution >= 4 is 11.0 Å². The Bertz CT molecular complexity index is 887. The molecule has 7 nitrogen and oxygen atoms in total. The first-order chi connectivity index (χ1) is 14.4. The number of benzene rings is 1. The molecule has 166 valence electrons. The minimum absolute atomic E-state index is 0.136. The Labute approximate surface area is 176 Å². The van der Waals surface area contributed by atoms with E-state index in [-0.39, 0.29) is 23.2 Å². The first-order valence-electron chi connectivity index (χ1n) is 10.8. The molecule has 0 amide bonds. The highest BCUT2D eigenvalue weighted by Gasteiger charge is 2.33. The van der Waals surface area contributed by atoms with Crippen molar-refractivity contribution in [3.63, 3.8) is 0 Å². The largest absolute Gasteiger partial charge is 0.504 e. The van der Waals surface area contributed by atoms with Crippen molar-refractivity contribution in [2.45, 2.75) is 71.2 Å². The molecule has 1 aromatic carbocycles. The molecule has 7 heteroatoms. The molecule has 0 spiro atoms. The second-order valence-electron chi connectivity index (χ2n) is 8.10. The topological polar surface area (TPSA) is 87.4 Å². The summed E-state index contributed by atoms with van der Waals surface area (Å²) in [5.41, 5.74) is -0.455. The van der Waals surface area contributed by atoms with Crippen LogP contribution in [0.2, 0.25) is 0 Å². The summed E-state index contributed by atoms with van der Waals surface area (Å²) in [7, 11) is 0. The summed E-state index contributed by atoms with van der Waals surface area (Å²) in [5, 5.41) is 10.9. The molecule has 0 radical (unpaired) electrons. The Balaban J connectivity index is 1.59. The van der Waals surface area contributed by atoms with Crippen molar-refractivity contribution in [1.29, 1.82) is 0 Å². The number of hydrogen-bond donors (Lipinski definition) is 1. The molecular formula is C23H32O7. The van der Waals surface area contributed by atoms with Crippen molar-refractivity contribution < 1.29 is 28.5 Å². The summed E-state index contributed by atoms with van der Waals surface area (Å²) >= 11 is 0. The van der Waals surface area contributed by atoms with E-state index in [9.17, 15) is 9.90 Å². The lowest BCUT2D eigenvalue weighted by molar-refractivity contribution is -0.141. The van der Waals surface area contributed by atoms with Crippen LogP contribution in [0.3, 0.4) is 0 Å². The lowest BCUT2D eigenvalue weighted by atomic mass is 10.1. The van der Waals surface area contributed by atoms with Crippen LogP contribution in [0, 0.1) is 0 Å². The fourth-order valence-corrected chi connectivity index (χ4v) is 3.46. The monoisotopic (exact) mass is 420 g/mol. The maximum Gasteiger partial charge on any atom is 0.383 e. The van der Waals surface area contributed by atoms with Crippen LogP contribution in [0.1, 0.15) is 59.3 Å². The quantitative estimate of drug-likeness (QED) is 0.414. The highest BCUT2D eigenvalue weighted by molar-refractivity contribution is 5.86. The van der Waals surface area contributed by atoms with Crippen molar-refractivity contribution in [2.24, 2.45) is 0 Å². The standard InChI is InChI=1S/C23H32O7/c1-4-5-6-7-8-9-12-26-21-20(24)18-11-10-16(13-19(18)29-22(21)25)27-14-17-15-28-23(2,3)30-17/h10-11,13,17,24H,4-9,12,14-15H2,1-3H3. The van der Waals surface area contributed by atoms with Gasteiger partial charge in [-0.1, -0.05) is 39.0 Å². The van der Waals surface area contributed by atoms with Crippen LogP contribution in [0.5, 0.6) is 17.2 Å². The smallest absolute Gasteiger partial charge is 0.383 e. The third-order valence-corrected chi connectivity index (χ3v) is 5.06. The third-order valence-electron chi connectivity index (χ3n) is 5.06. The Morgan fingerprint density at radius 3 is 2.63 bits per heavy atom. The van der Waals surface area contributed by atoms with Crippen LogP contribution in [-0.2, 0) is 9.47 Å². The molecule has 1 unspecified atom stereocenters. The zero-order chi connectivity index (χ0) is 21.6. The summed E-state index contributed by atoms with van der Waals surface area (Å²) in [5.74, 6) is -0.433. The molecule has 1 fully saturated rings. The lowest BCUT2D eigenvalue weighted by Crippen LogP contribution is -2.25. The normalized spacial score (nSPS) is 18.0. The Hall–Kier alpha value is -2.25. The van der Waals surface area contributed by atoms with Gasteiger partial charge in [-0.2, -0.15) is 0 Å². The van der Waals surface area contributed by atoms with E-state index in [0.29, 0.717) is 31.0 Å². The predicted molar refractivity (Wildman–Crippen MR) is 113 cm³/mol. The average molecular weight is 421 g/mol. The number of hydrogen-bond acceptors (Lipinski definition) is 7. The molecule has 1 atom stereocenters. The zero-order valence-corrected chi connectivity index (χ0v) is 18.1. The summed E-state index contributed by atoms with van der Waals surface area (Å²) < 4.78 is 27.8. The van der Waals surface area contributed by atoms with Gasteiger partial charge >= 0.3 is 5.63 Å². The van der Waals surface area contributed by atoms with E-state index in [2.05, 4.69) is 6.92 Å². The van der Waals surface area contributed by atoms with Gasteiger partial charge in [-0.15, -0.1) is 0 Å². The molecule has 30 heavy (non-hydrogen) atoms. The fourth-order valence-electron chi connectivity index (χ4n) is 3.46. The Morgan fingerprint density at radius 1 is 1.13 bits per heavy atom. The van der Waals surface area contributed by atoms with E-state index in [1.165, 1.54) is 19.3 Å². The van der Waals surface area contributed by atoms with Crippen LogP contribution < -0.4 is 15.1 Å². The molecule has 1 aliphatic heterocycles. The summed E-state index contributed by atoms with van der Waals surface area (Å²) in [6.07, 6.45) is 6.49. The predicted octanol–water partition coefficient (Wildman–Crippen LogP) is 4.77. The van der Waals surface area contributed by atoms with Gasteiger partial charge in [0.1, 0.15) is 24.0 Å². The van der Waals surface area contributed by atoms with Gasteiger partial charge in [-0.05, 0) is 32.4 Å². The molecule has 2 aromatic rings. The molecule has 1 saturated heterocycles. The summed E-state index contributed by atoms with van der Waals surface area (Å²) in [6.45, 7) is 7.02. The summed E-state index contributed by atoms with van der Waals surface area (Å²) in [4.78, 5) is 12.3. The minimum atomic E-state index is -0.697. The van der Waals surface area contributed by atoms with Crippen molar-refractivity contribution in [2.75, 3.05) is 19.8 Å². The molecule has 0 aliphatic carbocycles. The van der Waals surface area contributed by atoms with Gasteiger partial charge in [0.05, 0.1) is 18.6 Å². The first kappa shape index (κ1) is 22.4. The molecule has 0 bridgehead atoms. The number of rotatable bonds is 11. The van der Waals surface area contributed by atoms with E-state index in [1.807, 2.05) is 13.8 Å². The Morgan fingerprint density at radius 2 is 1.90 bits per heavy atom. The van der Waals surface area contributed by atoms with Crippen LogP contribution in [0.25, 0.3) is 11.0 Å². The maximum atomic E-state index is 12.3. The maximum absolute atomic E-state index is 12.3. The minimum Gasteiger partial charge on any atom is -0.504 e. The molecule has 2 heterocycles. The van der Waals surface area contributed by atoms with Crippen LogP contribution in [-0.4, -0.2) is 36.8 Å². The third kappa shape index (κ3) is 5.89. The van der Waals surface area contributed by atoms with Crippen molar-refractivity contribution in [3.8, 4) is 17.2 Å². The van der Waals surface area contributed by atoms with Gasteiger partial charge in [-0.25, -0.2) is 4.79 Å². The van der Waals surface area contributed by atoms with Gasteiger partial charge in [0, 0.05) is 6.07 Å². The second kappa shape index (κ2) is 10.2. The van der Waals surface area contributed by atoms with Crippen LogP contribution in [0.15, 0.2) is 27.4 Å². The van der Waals surface area contributed by atoms with Gasteiger partial charge in [0.2, 0.25) is 5.75 Å². The molecule has 1 aliphatic rings. The van der Waals surface area contributed by atoms with Crippen molar-refractivity contribution in [3.05, 3.63) is 28.6 Å². The molecule has 1 N–H and O–H groups in total. The van der Waals surface area contributed by atoms with Gasteiger partial charge in [0.25, 0.3) is 0 Å². The first-order valence-corrected chi connectivity index (χ1v) is 10.8. The van der Waals surface area contributed by atoms with Gasteiger partial charge < -0.3 is 28.5 Å². The number of unbranched alkanes of at least 4 members (excludes halogenated alkanes) is 5. The molecule has 1 aromatic heterocycles. The van der Waals surface area contributed by atoms with E-state index >= 15 is 0 Å². The Kier molecular flexibility index (Phi) is 7.61. The highest BCUT2D eigenvalue weighted by atomic mass is 16.7. The van der Waals surface area contributed by atoms with E-state index in [4.69, 9.17) is 23.4 Å². The van der Waals surface area contributed by atoms with Gasteiger partial charge in [0.15, 0.2) is 11.5 Å². The van der Waals surface area contributed by atoms with Gasteiger partial charge in [-0.3, -0.25) is 0 Å². The van der Waals surface area contributed by atoms with E-state index < -0.39 is 11.4 Å². The number of ether oxygens (including phenoxy) is 4. The van der Waals surface area contributed by atoms with Crippen molar-refractivity contribution in [1.82, 2.24) is 0 Å². The lowest BCUT2D eigenvalue weighted by Gasteiger charge is -2.17. The highest BCUT2D eigenvalue weighted by Crippen LogP contribution is 2.33. The number of fused-ring (bicyclic) bond motifs is 1. The average Bonchev–Trinajstić information content (AvgIpc) is 3.06. The number of aromatic hydroxyl groups is 1. The SMILES string of the molecule is CCCCCCCCOc1c(O)c2ccc(OCC3COC(C)(C)O3)cc2oc1=O. The van der Waals surface area contributed by atoms with E-state index in [0.717, 1.165) is 19.3 Å². The zero-order valence-electron chi connectivity index (χ0n) is 18.1. The summed E-state index contributed by atoms with van der Waals surface area (Å²) in [6, 6.07) is 4.94. The molecular weight excluding hydrogens is 388 g/mol. The fraction of sp³-hybridized carbons (Fsp3) is 0.609. The van der Waals surface area contributed by atoms with Crippen LogP contribution >= 0.6 is 0 Å². The van der Waals surface area contributed by atoms with Crippen LogP contribution in [0.4, 0.5) is 0 Å². The molecule has 3 rings (SSSR count). The molecule has 0 saturated carbocycles. The second-order valence-corrected chi connectivity index (χ2v) is 8.10. The van der Waals surface area contributed by atoms with E-state index in [1.54, 1.807) is 18.2 Å².